The largest absolute Gasteiger partial charge is 0.495 e. The highest BCUT2D eigenvalue weighted by Gasteiger charge is 2.23. The standard InChI is InChI=1S/C17H18ClN3O4S/c1-25-16-6-4-3-5-15(16)21(26(2,23)24)12-17(22)20-19-11-13-7-9-14(18)10-8-13/h3-11H,12H2,1-2H3,(H,20,22)/b19-11-. The normalized spacial score (nSPS) is 11.3. The summed E-state index contributed by atoms with van der Waals surface area (Å²) in [5, 5.41) is 4.41. The molecule has 0 aliphatic rings. The molecule has 0 unspecified atom stereocenters. The van der Waals surface area contributed by atoms with E-state index in [1.165, 1.54) is 13.3 Å². The molecule has 9 heteroatoms. The minimum absolute atomic E-state index is 0.273. The van der Waals surface area contributed by atoms with Crippen molar-refractivity contribution in [3.8, 4) is 5.75 Å². The second-order valence-corrected chi connectivity index (χ2v) is 7.63. The van der Waals surface area contributed by atoms with Gasteiger partial charge < -0.3 is 4.74 Å². The summed E-state index contributed by atoms with van der Waals surface area (Å²) in [5.41, 5.74) is 3.31. The first kappa shape index (κ1) is 19.7. The number of anilines is 1. The Bertz CT molecular complexity index is 898. The summed E-state index contributed by atoms with van der Waals surface area (Å²) in [4.78, 5) is 12.1. The van der Waals surface area contributed by atoms with E-state index >= 15 is 0 Å². The average molecular weight is 396 g/mol. The highest BCUT2D eigenvalue weighted by Crippen LogP contribution is 2.29. The van der Waals surface area contributed by atoms with Crippen LogP contribution in [0, 0.1) is 0 Å². The summed E-state index contributed by atoms with van der Waals surface area (Å²) in [6.07, 6.45) is 2.45. The van der Waals surface area contributed by atoms with Gasteiger partial charge in [-0.25, -0.2) is 13.8 Å². The number of benzene rings is 2. The Hall–Kier alpha value is -2.58. The van der Waals surface area contributed by atoms with E-state index in [4.69, 9.17) is 16.3 Å². The fraction of sp³-hybridized carbons (Fsp3) is 0.176. The molecule has 7 nitrogen and oxygen atoms in total. The smallest absolute Gasteiger partial charge is 0.260 e. The number of sulfonamides is 1. The van der Waals surface area contributed by atoms with Gasteiger partial charge >= 0.3 is 0 Å². The van der Waals surface area contributed by atoms with Crippen molar-refractivity contribution < 1.29 is 17.9 Å². The fourth-order valence-electron chi connectivity index (χ4n) is 2.11. The molecule has 0 spiro atoms. The van der Waals surface area contributed by atoms with Crippen LogP contribution in [0.25, 0.3) is 0 Å². The maximum absolute atomic E-state index is 12.1. The monoisotopic (exact) mass is 395 g/mol. The topological polar surface area (TPSA) is 88.1 Å². The summed E-state index contributed by atoms with van der Waals surface area (Å²) in [7, 11) is -2.28. The molecule has 0 atom stereocenters. The lowest BCUT2D eigenvalue weighted by atomic mass is 10.2. The van der Waals surface area contributed by atoms with Gasteiger partial charge in [-0.3, -0.25) is 9.10 Å². The third-order valence-corrected chi connectivity index (χ3v) is 4.69. The van der Waals surface area contributed by atoms with Crippen molar-refractivity contribution in [2.75, 3.05) is 24.2 Å². The van der Waals surface area contributed by atoms with Gasteiger partial charge in [0.1, 0.15) is 12.3 Å². The zero-order valence-electron chi connectivity index (χ0n) is 14.2. The van der Waals surface area contributed by atoms with Crippen molar-refractivity contribution in [2.45, 2.75) is 0 Å². The number of amides is 1. The Labute approximate surface area is 157 Å². The van der Waals surface area contributed by atoms with Crippen LogP contribution in [0.15, 0.2) is 53.6 Å². The van der Waals surface area contributed by atoms with Gasteiger partial charge in [0.25, 0.3) is 5.91 Å². The summed E-state index contributed by atoms with van der Waals surface area (Å²) >= 11 is 5.79. The van der Waals surface area contributed by atoms with E-state index < -0.39 is 22.5 Å². The van der Waals surface area contributed by atoms with Gasteiger partial charge in [0.15, 0.2) is 0 Å². The molecule has 2 rings (SSSR count). The first-order valence-corrected chi connectivity index (χ1v) is 9.72. The number of hydrogen-bond acceptors (Lipinski definition) is 5. The van der Waals surface area contributed by atoms with Crippen molar-refractivity contribution in [3.63, 3.8) is 0 Å². The van der Waals surface area contributed by atoms with Crippen molar-refractivity contribution in [2.24, 2.45) is 5.10 Å². The number of ether oxygens (including phenoxy) is 1. The molecule has 0 fully saturated rings. The second-order valence-electron chi connectivity index (χ2n) is 5.29. The van der Waals surface area contributed by atoms with Gasteiger partial charge in [-0.2, -0.15) is 5.10 Å². The third-order valence-electron chi connectivity index (χ3n) is 3.31. The number of carbonyl (C=O) groups is 1. The molecule has 138 valence electrons. The van der Waals surface area contributed by atoms with Crippen LogP contribution < -0.4 is 14.5 Å². The van der Waals surface area contributed by atoms with Crippen LogP contribution in [-0.4, -0.2) is 40.4 Å². The Morgan fingerprint density at radius 3 is 2.50 bits per heavy atom. The molecule has 0 saturated carbocycles. The first-order valence-electron chi connectivity index (χ1n) is 7.49. The number of hydrogen-bond donors (Lipinski definition) is 1. The van der Waals surface area contributed by atoms with Crippen molar-refractivity contribution in [3.05, 3.63) is 59.1 Å². The van der Waals surface area contributed by atoms with Crippen LogP contribution in [0.4, 0.5) is 5.69 Å². The minimum Gasteiger partial charge on any atom is -0.495 e. The number of nitrogens with one attached hydrogen (secondary N) is 1. The number of nitrogens with zero attached hydrogens (tertiary/aromatic N) is 2. The Balaban J connectivity index is 2.11. The molecular formula is C17H18ClN3O4S. The van der Waals surface area contributed by atoms with Crippen molar-refractivity contribution >= 4 is 39.4 Å². The number of halogens is 1. The number of para-hydroxylation sites is 2. The van der Waals surface area contributed by atoms with Gasteiger partial charge in [-0.1, -0.05) is 35.9 Å². The molecular weight excluding hydrogens is 378 g/mol. The van der Waals surface area contributed by atoms with E-state index in [0.29, 0.717) is 10.8 Å². The van der Waals surface area contributed by atoms with Gasteiger partial charge in [-0.15, -0.1) is 0 Å². The SMILES string of the molecule is COc1ccccc1N(CC(=O)N/N=C\c1ccc(Cl)cc1)S(C)(=O)=O. The van der Waals surface area contributed by atoms with Crippen LogP contribution in [-0.2, 0) is 14.8 Å². The Morgan fingerprint density at radius 1 is 1.23 bits per heavy atom. The van der Waals surface area contributed by atoms with Gasteiger partial charge in [0.2, 0.25) is 10.0 Å². The molecule has 2 aromatic rings. The summed E-state index contributed by atoms with van der Waals surface area (Å²) in [6, 6.07) is 13.4. The van der Waals surface area contributed by atoms with Crippen LogP contribution in [0.2, 0.25) is 5.02 Å². The first-order chi connectivity index (χ1) is 12.3. The van der Waals surface area contributed by atoms with E-state index in [9.17, 15) is 13.2 Å². The predicted molar refractivity (Wildman–Crippen MR) is 102 cm³/mol. The molecule has 0 bridgehead atoms. The molecule has 0 saturated heterocycles. The molecule has 2 aromatic carbocycles. The summed E-state index contributed by atoms with van der Waals surface area (Å²) < 4.78 is 30.3. The lowest BCUT2D eigenvalue weighted by Crippen LogP contribution is -2.39. The molecule has 0 aromatic heterocycles. The van der Waals surface area contributed by atoms with E-state index in [0.717, 1.165) is 16.1 Å². The number of rotatable bonds is 7. The van der Waals surface area contributed by atoms with Crippen LogP contribution in [0.1, 0.15) is 5.56 Å². The highest BCUT2D eigenvalue weighted by molar-refractivity contribution is 7.92. The second kappa shape index (κ2) is 8.68. The van der Waals surface area contributed by atoms with E-state index in [1.54, 1.807) is 48.5 Å². The summed E-state index contributed by atoms with van der Waals surface area (Å²) in [6.45, 7) is -0.433. The van der Waals surface area contributed by atoms with Crippen LogP contribution in [0.3, 0.4) is 0 Å². The van der Waals surface area contributed by atoms with Crippen molar-refractivity contribution in [1.82, 2.24) is 5.43 Å². The lowest BCUT2D eigenvalue weighted by Gasteiger charge is -2.23. The molecule has 0 radical (unpaired) electrons. The highest BCUT2D eigenvalue weighted by atomic mass is 35.5. The predicted octanol–water partition coefficient (Wildman–Crippen LogP) is 2.26. The molecule has 0 aliphatic carbocycles. The zero-order valence-corrected chi connectivity index (χ0v) is 15.8. The molecule has 1 amide bonds. The zero-order chi connectivity index (χ0) is 19.2. The van der Waals surface area contributed by atoms with Crippen LogP contribution in [0.5, 0.6) is 5.75 Å². The molecule has 0 aliphatic heterocycles. The number of carbonyl (C=O) groups excluding carboxylic acids is 1. The number of methoxy groups -OCH3 is 1. The minimum atomic E-state index is -3.70. The van der Waals surface area contributed by atoms with E-state index in [1.807, 2.05) is 0 Å². The Morgan fingerprint density at radius 2 is 1.88 bits per heavy atom. The van der Waals surface area contributed by atoms with Crippen molar-refractivity contribution in [1.29, 1.82) is 0 Å². The van der Waals surface area contributed by atoms with Gasteiger partial charge in [0, 0.05) is 5.02 Å². The average Bonchev–Trinajstić information content (AvgIpc) is 2.60. The maximum Gasteiger partial charge on any atom is 0.260 e. The third kappa shape index (κ3) is 5.47. The van der Waals surface area contributed by atoms with Gasteiger partial charge in [0.05, 0.1) is 25.3 Å². The van der Waals surface area contributed by atoms with Crippen LogP contribution >= 0.6 is 11.6 Å². The molecule has 1 N–H and O–H groups in total. The number of hydrazone groups is 1. The molecule has 26 heavy (non-hydrogen) atoms. The quantitative estimate of drug-likeness (QED) is 0.575. The maximum atomic E-state index is 12.1. The Kier molecular flexibility index (Phi) is 6.59. The lowest BCUT2D eigenvalue weighted by molar-refractivity contribution is -0.119. The van der Waals surface area contributed by atoms with E-state index in [2.05, 4.69) is 10.5 Å². The van der Waals surface area contributed by atoms with Gasteiger partial charge in [-0.05, 0) is 29.8 Å². The van der Waals surface area contributed by atoms with E-state index in [-0.39, 0.29) is 5.69 Å². The molecule has 0 heterocycles. The summed E-state index contributed by atoms with van der Waals surface area (Å²) in [5.74, 6) is -0.248. The fourth-order valence-corrected chi connectivity index (χ4v) is 3.10.